The minimum absolute atomic E-state index is 0.299. The van der Waals surface area contributed by atoms with Crippen molar-refractivity contribution in [1.82, 2.24) is 20.7 Å². The third-order valence-electron chi connectivity index (χ3n) is 3.07. The molecule has 0 bridgehead atoms. The number of hydrogen-bond donors (Lipinski definition) is 2. The van der Waals surface area contributed by atoms with Gasteiger partial charge in [0, 0.05) is 32.0 Å². The first-order chi connectivity index (χ1) is 8.34. The van der Waals surface area contributed by atoms with Crippen molar-refractivity contribution in [2.24, 2.45) is 0 Å². The van der Waals surface area contributed by atoms with Gasteiger partial charge in [-0.05, 0) is 31.4 Å². The van der Waals surface area contributed by atoms with E-state index in [4.69, 9.17) is 0 Å². The summed E-state index contributed by atoms with van der Waals surface area (Å²) in [6, 6.07) is 4.06. The number of piperidine rings is 1. The molecule has 0 aliphatic carbocycles. The van der Waals surface area contributed by atoms with E-state index in [0.717, 1.165) is 6.54 Å². The SMILES string of the molecule is CC(NCc1cccnc1)NN1CCCCC1. The highest BCUT2D eigenvalue weighted by molar-refractivity contribution is 5.07. The number of aromatic nitrogens is 1. The summed E-state index contributed by atoms with van der Waals surface area (Å²) in [5.74, 6) is 0. The van der Waals surface area contributed by atoms with Crippen molar-refractivity contribution in [2.45, 2.75) is 38.9 Å². The number of hydrogen-bond acceptors (Lipinski definition) is 4. The quantitative estimate of drug-likeness (QED) is 0.758. The molecule has 0 radical (unpaired) electrons. The molecule has 1 fully saturated rings. The number of nitrogens with zero attached hydrogens (tertiary/aromatic N) is 2. The molecular formula is C13H22N4. The molecule has 1 aliphatic heterocycles. The van der Waals surface area contributed by atoms with E-state index in [1.807, 2.05) is 12.3 Å². The largest absolute Gasteiger partial charge is 0.297 e. The van der Waals surface area contributed by atoms with Gasteiger partial charge in [-0.25, -0.2) is 10.4 Å². The Bertz CT molecular complexity index is 308. The molecule has 2 N–H and O–H groups in total. The zero-order chi connectivity index (χ0) is 11.9. The first-order valence-corrected chi connectivity index (χ1v) is 6.48. The molecule has 4 heteroatoms. The number of hydrazine groups is 1. The Kier molecular flexibility index (Phi) is 4.91. The van der Waals surface area contributed by atoms with Gasteiger partial charge in [-0.2, -0.15) is 0 Å². The smallest absolute Gasteiger partial charge is 0.0680 e. The first kappa shape index (κ1) is 12.5. The number of rotatable bonds is 5. The molecule has 4 nitrogen and oxygen atoms in total. The standard InChI is InChI=1S/C13H22N4/c1-12(16-17-8-3-2-4-9-17)15-11-13-6-5-7-14-10-13/h5-7,10,12,15-16H,2-4,8-9,11H2,1H3. The van der Waals surface area contributed by atoms with Crippen LogP contribution in [0, 0.1) is 0 Å². The van der Waals surface area contributed by atoms with E-state index in [-0.39, 0.29) is 0 Å². The molecule has 2 rings (SSSR count). The Hall–Kier alpha value is -0.970. The molecule has 2 heterocycles. The molecule has 1 aromatic rings. The molecule has 94 valence electrons. The Morgan fingerprint density at radius 2 is 2.18 bits per heavy atom. The Labute approximate surface area is 103 Å². The Morgan fingerprint density at radius 1 is 1.35 bits per heavy atom. The van der Waals surface area contributed by atoms with E-state index in [2.05, 4.69) is 33.7 Å². The number of nitrogens with one attached hydrogen (secondary N) is 2. The Morgan fingerprint density at radius 3 is 2.88 bits per heavy atom. The van der Waals surface area contributed by atoms with Crippen molar-refractivity contribution in [3.63, 3.8) is 0 Å². The number of pyridine rings is 1. The minimum atomic E-state index is 0.299. The van der Waals surface area contributed by atoms with Crippen LogP contribution in [0.3, 0.4) is 0 Å². The highest BCUT2D eigenvalue weighted by Crippen LogP contribution is 2.06. The molecule has 0 aromatic carbocycles. The molecule has 1 saturated heterocycles. The van der Waals surface area contributed by atoms with Crippen molar-refractivity contribution >= 4 is 0 Å². The predicted octanol–water partition coefficient (Wildman–Crippen LogP) is 1.51. The zero-order valence-electron chi connectivity index (χ0n) is 10.5. The molecule has 1 unspecified atom stereocenters. The summed E-state index contributed by atoms with van der Waals surface area (Å²) in [7, 11) is 0. The van der Waals surface area contributed by atoms with Crippen molar-refractivity contribution in [3.8, 4) is 0 Å². The highest BCUT2D eigenvalue weighted by atomic mass is 15.5. The van der Waals surface area contributed by atoms with E-state index < -0.39 is 0 Å². The zero-order valence-corrected chi connectivity index (χ0v) is 10.5. The van der Waals surface area contributed by atoms with Gasteiger partial charge in [-0.1, -0.05) is 12.5 Å². The summed E-state index contributed by atoms with van der Waals surface area (Å²) in [4.78, 5) is 4.11. The van der Waals surface area contributed by atoms with Gasteiger partial charge in [0.1, 0.15) is 0 Å². The van der Waals surface area contributed by atoms with Crippen LogP contribution in [0.25, 0.3) is 0 Å². The van der Waals surface area contributed by atoms with E-state index in [9.17, 15) is 0 Å². The van der Waals surface area contributed by atoms with Gasteiger partial charge in [0.25, 0.3) is 0 Å². The highest BCUT2D eigenvalue weighted by Gasteiger charge is 2.11. The van der Waals surface area contributed by atoms with Gasteiger partial charge in [-0.3, -0.25) is 10.3 Å². The lowest BCUT2D eigenvalue weighted by Crippen LogP contribution is -2.51. The predicted molar refractivity (Wildman–Crippen MR) is 69.1 cm³/mol. The molecule has 0 saturated carbocycles. The summed E-state index contributed by atoms with van der Waals surface area (Å²) in [6.45, 7) is 5.35. The maximum Gasteiger partial charge on any atom is 0.0680 e. The van der Waals surface area contributed by atoms with Crippen LogP contribution in [-0.2, 0) is 6.54 Å². The fourth-order valence-corrected chi connectivity index (χ4v) is 2.12. The van der Waals surface area contributed by atoms with Gasteiger partial charge in [0.2, 0.25) is 0 Å². The van der Waals surface area contributed by atoms with E-state index in [1.165, 1.54) is 37.9 Å². The minimum Gasteiger partial charge on any atom is -0.297 e. The summed E-state index contributed by atoms with van der Waals surface area (Å²) in [5.41, 5.74) is 4.71. The van der Waals surface area contributed by atoms with Crippen LogP contribution in [0.2, 0.25) is 0 Å². The fraction of sp³-hybridized carbons (Fsp3) is 0.615. The van der Waals surface area contributed by atoms with Gasteiger partial charge in [0.15, 0.2) is 0 Å². The van der Waals surface area contributed by atoms with Crippen molar-refractivity contribution in [1.29, 1.82) is 0 Å². The van der Waals surface area contributed by atoms with Crippen molar-refractivity contribution in [2.75, 3.05) is 13.1 Å². The molecule has 1 aliphatic rings. The van der Waals surface area contributed by atoms with Crippen LogP contribution in [0.5, 0.6) is 0 Å². The summed E-state index contributed by atoms with van der Waals surface area (Å²) in [5, 5.41) is 5.78. The van der Waals surface area contributed by atoms with Gasteiger partial charge >= 0.3 is 0 Å². The lowest BCUT2D eigenvalue weighted by atomic mass is 10.2. The average Bonchev–Trinajstić information content (AvgIpc) is 2.39. The summed E-state index contributed by atoms with van der Waals surface area (Å²) < 4.78 is 0. The van der Waals surface area contributed by atoms with Crippen LogP contribution in [0.4, 0.5) is 0 Å². The second-order valence-electron chi connectivity index (χ2n) is 4.64. The molecular weight excluding hydrogens is 212 g/mol. The van der Waals surface area contributed by atoms with Crippen LogP contribution < -0.4 is 10.7 Å². The average molecular weight is 234 g/mol. The third-order valence-corrected chi connectivity index (χ3v) is 3.07. The Balaban J connectivity index is 1.68. The second-order valence-corrected chi connectivity index (χ2v) is 4.64. The molecule has 17 heavy (non-hydrogen) atoms. The maximum atomic E-state index is 4.11. The third kappa shape index (κ3) is 4.42. The van der Waals surface area contributed by atoms with Gasteiger partial charge < -0.3 is 0 Å². The lowest BCUT2D eigenvalue weighted by molar-refractivity contribution is 0.122. The fourth-order valence-electron chi connectivity index (χ4n) is 2.12. The van der Waals surface area contributed by atoms with E-state index in [0.29, 0.717) is 6.17 Å². The summed E-state index contributed by atoms with van der Waals surface area (Å²) in [6.07, 6.45) is 7.99. The molecule has 0 amide bonds. The second kappa shape index (κ2) is 6.69. The molecule has 0 spiro atoms. The van der Waals surface area contributed by atoms with Crippen LogP contribution in [0.15, 0.2) is 24.5 Å². The van der Waals surface area contributed by atoms with Crippen LogP contribution in [0.1, 0.15) is 31.7 Å². The monoisotopic (exact) mass is 234 g/mol. The van der Waals surface area contributed by atoms with E-state index in [1.54, 1.807) is 6.20 Å². The maximum absolute atomic E-state index is 4.11. The normalized spacial score (nSPS) is 19.1. The summed E-state index contributed by atoms with van der Waals surface area (Å²) >= 11 is 0. The van der Waals surface area contributed by atoms with Gasteiger partial charge in [0.05, 0.1) is 6.17 Å². The van der Waals surface area contributed by atoms with E-state index >= 15 is 0 Å². The lowest BCUT2D eigenvalue weighted by Gasteiger charge is -2.30. The molecule has 1 aromatic heterocycles. The van der Waals surface area contributed by atoms with Crippen LogP contribution >= 0.6 is 0 Å². The van der Waals surface area contributed by atoms with Crippen molar-refractivity contribution in [3.05, 3.63) is 30.1 Å². The van der Waals surface area contributed by atoms with Crippen molar-refractivity contribution < 1.29 is 0 Å². The van der Waals surface area contributed by atoms with Crippen LogP contribution in [-0.4, -0.2) is 29.2 Å². The van der Waals surface area contributed by atoms with Gasteiger partial charge in [-0.15, -0.1) is 0 Å². The topological polar surface area (TPSA) is 40.2 Å². The molecule has 1 atom stereocenters. The first-order valence-electron chi connectivity index (χ1n) is 6.48.